The van der Waals surface area contributed by atoms with E-state index < -0.39 is 0 Å². The van der Waals surface area contributed by atoms with Crippen molar-refractivity contribution in [2.45, 2.75) is 0 Å². The van der Waals surface area contributed by atoms with Crippen molar-refractivity contribution in [1.29, 1.82) is 0 Å². The van der Waals surface area contributed by atoms with E-state index in [0.29, 0.717) is 52.9 Å². The molecule has 0 radical (unpaired) electrons. The topological polar surface area (TPSA) is 62.7 Å². The van der Waals surface area contributed by atoms with Gasteiger partial charge in [-0.2, -0.15) is 0 Å². The highest BCUT2D eigenvalue weighted by atomic mass is 32.3. The van der Waals surface area contributed by atoms with Crippen LogP contribution in [-0.2, 0) is 18.9 Å². The van der Waals surface area contributed by atoms with Crippen molar-refractivity contribution >= 4 is 52.6 Å². The lowest BCUT2D eigenvalue weighted by molar-refractivity contribution is 0.00147. The van der Waals surface area contributed by atoms with Crippen molar-refractivity contribution in [3.63, 3.8) is 0 Å². The van der Waals surface area contributed by atoms with E-state index in [2.05, 4.69) is 22.1 Å². The molecule has 1 aliphatic carbocycles. The fourth-order valence-electron chi connectivity index (χ4n) is 3.66. The third-order valence-electron chi connectivity index (χ3n) is 5.16. The minimum Gasteiger partial charge on any atom is -0.378 e. The second kappa shape index (κ2) is 12.8. The molecular weight excluding hydrogens is 509 g/mol. The zero-order valence-electron chi connectivity index (χ0n) is 18.7. The quantitative estimate of drug-likeness (QED) is 0.378. The average molecular weight is 535 g/mol. The summed E-state index contributed by atoms with van der Waals surface area (Å²) in [7, 11) is 0. The molecule has 0 spiro atoms. The second-order valence-electron chi connectivity index (χ2n) is 7.39. The van der Waals surface area contributed by atoms with E-state index >= 15 is 0 Å². The number of ether oxygens (including phenoxy) is 4. The van der Waals surface area contributed by atoms with Crippen LogP contribution in [0.3, 0.4) is 0 Å². The van der Waals surface area contributed by atoms with Gasteiger partial charge in [-0.1, -0.05) is 35.7 Å². The van der Waals surface area contributed by atoms with Crippen molar-refractivity contribution in [1.82, 2.24) is 9.97 Å². The lowest BCUT2D eigenvalue weighted by Crippen LogP contribution is -2.13. The number of fused-ring (bicyclic) bond motifs is 3. The minimum atomic E-state index is 0.590. The van der Waals surface area contributed by atoms with Gasteiger partial charge in [-0.15, -0.1) is 23.5 Å². The predicted octanol–water partition coefficient (Wildman–Crippen LogP) is 5.33. The van der Waals surface area contributed by atoms with E-state index in [1.54, 1.807) is 0 Å². The van der Waals surface area contributed by atoms with Gasteiger partial charge < -0.3 is 18.9 Å². The number of hydrogen-bond donors (Lipinski definition) is 0. The Morgan fingerprint density at radius 2 is 1.00 bits per heavy atom. The molecule has 6 nitrogen and oxygen atoms in total. The third-order valence-corrected chi connectivity index (χ3v) is 10.6. The Balaban J connectivity index is 1.34. The Morgan fingerprint density at radius 3 is 1.47 bits per heavy atom. The highest BCUT2D eigenvalue weighted by molar-refractivity contribution is 8.40. The smallest absolute Gasteiger partial charge is 0.0971 e. The van der Waals surface area contributed by atoms with E-state index in [1.807, 2.05) is 71.6 Å². The summed E-state index contributed by atoms with van der Waals surface area (Å²) in [4.78, 5) is 9.28. The summed E-state index contributed by atoms with van der Waals surface area (Å²) >= 11 is 7.46. The molecule has 0 amide bonds. The van der Waals surface area contributed by atoms with Crippen molar-refractivity contribution in [2.24, 2.45) is 0 Å². The second-order valence-corrected chi connectivity index (χ2v) is 12.4. The average Bonchev–Trinajstić information content (AvgIpc) is 3.41. The predicted molar refractivity (Wildman–Crippen MR) is 144 cm³/mol. The Bertz CT molecular complexity index is 983. The number of aromatic nitrogens is 2. The molecule has 0 saturated heterocycles. The number of rotatable bonds is 0. The molecule has 0 atom stereocenters. The fourth-order valence-corrected chi connectivity index (χ4v) is 9.47. The summed E-state index contributed by atoms with van der Waals surface area (Å²) in [5, 5.41) is 0. The maximum Gasteiger partial charge on any atom is 0.0971 e. The molecule has 0 fully saturated rings. The van der Waals surface area contributed by atoms with E-state index in [0.717, 1.165) is 22.9 Å². The van der Waals surface area contributed by atoms with Gasteiger partial charge in [-0.3, -0.25) is 9.97 Å². The van der Waals surface area contributed by atoms with Crippen LogP contribution in [0.15, 0.2) is 49.4 Å². The van der Waals surface area contributed by atoms with E-state index in [4.69, 9.17) is 18.9 Å². The van der Waals surface area contributed by atoms with Gasteiger partial charge in [0, 0.05) is 40.6 Å². The van der Waals surface area contributed by atoms with Gasteiger partial charge in [-0.25, -0.2) is 0 Å². The normalized spacial score (nSPS) is 20.9. The first kappa shape index (κ1) is 24.7. The first-order valence-electron chi connectivity index (χ1n) is 11.2. The summed E-state index contributed by atoms with van der Waals surface area (Å²) < 4.78 is 26.6. The van der Waals surface area contributed by atoms with Gasteiger partial charge in [0.05, 0.1) is 77.0 Å². The standard InChI is InChI=1S/C24H26N2O4S4/c1-3-17-19(18-4-2-6-26-21(18)20(17)25-5-1)22-33-23-24(34-22)32-16-14-30-12-10-28-8-7-27-9-11-29-13-15-31-23/h1-6H,7-16H2. The molecule has 0 aromatic carbocycles. The van der Waals surface area contributed by atoms with Gasteiger partial charge in [0.15, 0.2) is 0 Å². The maximum atomic E-state index is 5.77. The minimum absolute atomic E-state index is 0.590. The molecule has 0 unspecified atom stereocenters. The lowest BCUT2D eigenvalue weighted by Gasteiger charge is -2.09. The molecule has 4 heterocycles. The fraction of sp³-hybridized carbons (Fsp3) is 0.417. The van der Waals surface area contributed by atoms with Crippen LogP contribution in [0.1, 0.15) is 11.1 Å². The number of thioether (sulfide) groups is 4. The van der Waals surface area contributed by atoms with Crippen LogP contribution in [0.25, 0.3) is 17.0 Å². The Kier molecular flexibility index (Phi) is 9.32. The monoisotopic (exact) mass is 534 g/mol. The molecule has 180 valence electrons. The molecule has 0 N–H and O–H groups in total. The molecule has 0 saturated carbocycles. The van der Waals surface area contributed by atoms with Crippen molar-refractivity contribution in [3.05, 3.63) is 60.5 Å². The molecule has 2 aromatic heterocycles. The van der Waals surface area contributed by atoms with Gasteiger partial charge in [0.2, 0.25) is 0 Å². The summed E-state index contributed by atoms with van der Waals surface area (Å²) in [6.07, 6.45) is 3.69. The summed E-state index contributed by atoms with van der Waals surface area (Å²) in [6.45, 7) is 4.98. The molecular formula is C24H26N2O4S4. The van der Waals surface area contributed by atoms with Crippen LogP contribution in [0.4, 0.5) is 0 Å². The molecule has 5 rings (SSSR count). The molecule has 2 aromatic rings. The number of hydrogen-bond acceptors (Lipinski definition) is 10. The first-order chi connectivity index (χ1) is 16.9. The van der Waals surface area contributed by atoms with E-state index in [9.17, 15) is 0 Å². The zero-order valence-corrected chi connectivity index (χ0v) is 22.0. The maximum absolute atomic E-state index is 5.77. The SMILES string of the molecule is c1cnc2c(c1)C(=C1SC3=C(SCCOCCOCCOCCOCCS3)S1)c1cccnc1-2. The first-order valence-corrected chi connectivity index (χ1v) is 14.8. The van der Waals surface area contributed by atoms with Crippen molar-refractivity contribution in [2.75, 3.05) is 64.4 Å². The summed E-state index contributed by atoms with van der Waals surface area (Å²) in [6, 6.07) is 8.33. The molecule has 0 bridgehead atoms. The van der Waals surface area contributed by atoms with Gasteiger partial charge >= 0.3 is 0 Å². The van der Waals surface area contributed by atoms with Crippen LogP contribution in [-0.4, -0.2) is 74.3 Å². The van der Waals surface area contributed by atoms with Crippen LogP contribution in [0.5, 0.6) is 0 Å². The van der Waals surface area contributed by atoms with Crippen molar-refractivity contribution in [3.8, 4) is 11.4 Å². The van der Waals surface area contributed by atoms with Gasteiger partial charge in [-0.05, 0) is 12.1 Å². The van der Waals surface area contributed by atoms with Crippen LogP contribution < -0.4 is 0 Å². The third kappa shape index (κ3) is 6.04. The van der Waals surface area contributed by atoms with Crippen LogP contribution in [0.2, 0.25) is 0 Å². The zero-order chi connectivity index (χ0) is 23.0. The number of nitrogens with zero attached hydrogens (tertiary/aromatic N) is 2. The lowest BCUT2D eigenvalue weighted by atomic mass is 10.1. The van der Waals surface area contributed by atoms with E-state index in [1.165, 1.54) is 29.4 Å². The highest BCUT2D eigenvalue weighted by Gasteiger charge is 2.32. The summed E-state index contributed by atoms with van der Waals surface area (Å²) in [5.41, 5.74) is 5.52. The van der Waals surface area contributed by atoms with Crippen LogP contribution in [0, 0.1) is 0 Å². The largest absolute Gasteiger partial charge is 0.378 e. The number of pyridine rings is 2. The Labute approximate surface area is 217 Å². The van der Waals surface area contributed by atoms with Crippen LogP contribution >= 0.6 is 47.0 Å². The van der Waals surface area contributed by atoms with Crippen molar-refractivity contribution < 1.29 is 18.9 Å². The molecule has 2 aliphatic heterocycles. The van der Waals surface area contributed by atoms with Gasteiger partial charge in [0.1, 0.15) is 0 Å². The van der Waals surface area contributed by atoms with Gasteiger partial charge in [0.25, 0.3) is 0 Å². The highest BCUT2D eigenvalue weighted by Crippen LogP contribution is 2.61. The Hall–Kier alpha value is -0.980. The summed E-state index contributed by atoms with van der Waals surface area (Å²) in [5.74, 6) is 1.82. The Morgan fingerprint density at radius 1 is 0.559 bits per heavy atom. The molecule has 34 heavy (non-hydrogen) atoms. The molecule has 3 aliphatic rings. The van der Waals surface area contributed by atoms with E-state index in [-0.39, 0.29) is 0 Å². The molecule has 10 heteroatoms.